The van der Waals surface area contributed by atoms with Gasteiger partial charge in [-0.25, -0.2) is 43.9 Å². The van der Waals surface area contributed by atoms with Gasteiger partial charge in [0.2, 0.25) is 11.6 Å². The third-order valence-corrected chi connectivity index (χ3v) is 12.4. The van der Waals surface area contributed by atoms with Crippen molar-refractivity contribution in [1.82, 2.24) is 0 Å². The third-order valence-electron chi connectivity index (χ3n) is 6.96. The first-order valence-corrected chi connectivity index (χ1v) is 13.9. The Bertz CT molecular complexity index is 1470. The predicted molar refractivity (Wildman–Crippen MR) is 120 cm³/mol. The van der Waals surface area contributed by atoms with Gasteiger partial charge in [0, 0.05) is 16.3 Å². The second-order valence-corrected chi connectivity index (χ2v) is 15.3. The van der Waals surface area contributed by atoms with Crippen LogP contribution in [0.5, 0.6) is 5.75 Å². The molecule has 0 N–H and O–H groups in total. The molecule has 0 amide bonds. The van der Waals surface area contributed by atoms with Crippen molar-refractivity contribution in [2.75, 3.05) is 7.11 Å². The van der Waals surface area contributed by atoms with Gasteiger partial charge in [0.05, 0.1) is 26.3 Å². The first kappa shape index (κ1) is 30.4. The molecule has 39 heavy (non-hydrogen) atoms. The summed E-state index contributed by atoms with van der Waals surface area (Å²) in [4.78, 5) is 0. The predicted octanol–water partition coefficient (Wildman–Crippen LogP) is 8.41. The summed E-state index contributed by atoms with van der Waals surface area (Å²) in [5, 5.41) is -2.04. The number of halogens is 12. The van der Waals surface area contributed by atoms with E-state index < -0.39 is 116 Å². The molecule has 1 nitrogen and oxygen atoms in total. The highest BCUT2D eigenvalue weighted by Gasteiger charge is 2.45. The molecule has 14 heteroatoms. The van der Waals surface area contributed by atoms with E-state index in [1.165, 1.54) is 33.9 Å². The Balaban J connectivity index is 2.65. The highest BCUT2D eigenvalue weighted by molar-refractivity contribution is 6.92. The maximum atomic E-state index is 15.4. The van der Waals surface area contributed by atoms with E-state index in [4.69, 9.17) is 0 Å². The van der Waals surface area contributed by atoms with Crippen LogP contribution in [-0.2, 0) is 0 Å². The van der Waals surface area contributed by atoms with Gasteiger partial charge >= 0.3 is 0 Å². The van der Waals surface area contributed by atoms with E-state index in [0.717, 1.165) is 0 Å². The highest BCUT2D eigenvalue weighted by Crippen LogP contribution is 2.46. The third kappa shape index (κ3) is 4.27. The average Bonchev–Trinajstić information content (AvgIpc) is 2.84. The molecular formula is C25H18F12OSi. The molecule has 0 heterocycles. The van der Waals surface area contributed by atoms with E-state index in [1.807, 2.05) is 0 Å². The van der Waals surface area contributed by atoms with E-state index in [1.54, 1.807) is 0 Å². The second-order valence-electron chi connectivity index (χ2n) is 10.1. The Morgan fingerprint density at radius 3 is 1.00 bits per heavy atom. The SMILES string of the molecule is COc1c(F)c(F)c(-c2c(F)c(F)c(F)c(F)c2-c2c(F)c(F)c([Si](C)(C)C(C)(C)C)c(F)c2F)c(F)c1F. The van der Waals surface area contributed by atoms with E-state index in [2.05, 4.69) is 4.74 Å². The van der Waals surface area contributed by atoms with Crippen LogP contribution < -0.4 is 9.92 Å². The van der Waals surface area contributed by atoms with Gasteiger partial charge in [0.25, 0.3) is 0 Å². The molecule has 3 aromatic rings. The average molecular weight is 590 g/mol. The van der Waals surface area contributed by atoms with Crippen molar-refractivity contribution in [3.63, 3.8) is 0 Å². The molecule has 0 saturated heterocycles. The summed E-state index contributed by atoms with van der Waals surface area (Å²) < 4.78 is 182. The largest absolute Gasteiger partial charge is 0.491 e. The van der Waals surface area contributed by atoms with Crippen LogP contribution in [0.25, 0.3) is 22.3 Å². The smallest absolute Gasteiger partial charge is 0.204 e. The Labute approximate surface area is 215 Å². The molecule has 0 saturated carbocycles. The summed E-state index contributed by atoms with van der Waals surface area (Å²) in [6.45, 7) is 7.15. The van der Waals surface area contributed by atoms with Gasteiger partial charge < -0.3 is 4.74 Å². The van der Waals surface area contributed by atoms with Crippen molar-refractivity contribution in [1.29, 1.82) is 0 Å². The lowest BCUT2D eigenvalue weighted by Gasteiger charge is -2.38. The maximum absolute atomic E-state index is 15.4. The van der Waals surface area contributed by atoms with Crippen molar-refractivity contribution in [3.8, 4) is 28.0 Å². The molecule has 0 unspecified atom stereocenters. The quantitative estimate of drug-likeness (QED) is 0.128. The fourth-order valence-electron chi connectivity index (χ4n) is 3.89. The lowest BCUT2D eigenvalue weighted by Crippen LogP contribution is -2.53. The van der Waals surface area contributed by atoms with E-state index >= 15 is 22.0 Å². The number of hydrogen-bond donors (Lipinski definition) is 0. The number of benzene rings is 3. The molecule has 0 spiro atoms. The molecule has 212 valence electrons. The van der Waals surface area contributed by atoms with Crippen LogP contribution in [0.2, 0.25) is 18.1 Å². The van der Waals surface area contributed by atoms with Gasteiger partial charge in [0.15, 0.2) is 63.9 Å². The van der Waals surface area contributed by atoms with Gasteiger partial charge in [-0.2, -0.15) is 8.78 Å². The summed E-state index contributed by atoms with van der Waals surface area (Å²) in [6.07, 6.45) is 0. The molecule has 0 fully saturated rings. The van der Waals surface area contributed by atoms with Crippen LogP contribution in [0.15, 0.2) is 0 Å². The van der Waals surface area contributed by atoms with Crippen LogP contribution in [-0.4, -0.2) is 15.2 Å². The standard InChI is InChI=1S/C25H18F12OSi/c1-25(2,3)39(5,6)24-21(36)15(30)10(16(31)22(24)37)8-7(11(26)17(32)18(33)12(8)27)9-13(28)19(34)23(38-4)20(35)14(9)29/h1-6H3. The molecule has 0 radical (unpaired) electrons. The summed E-state index contributed by atoms with van der Waals surface area (Å²) >= 11 is 0. The van der Waals surface area contributed by atoms with Crippen LogP contribution in [0, 0.1) is 69.8 Å². The first-order chi connectivity index (χ1) is 17.7. The van der Waals surface area contributed by atoms with Crippen molar-refractivity contribution in [2.24, 2.45) is 0 Å². The van der Waals surface area contributed by atoms with Gasteiger partial charge in [0.1, 0.15) is 0 Å². The second kappa shape index (κ2) is 9.79. The molecular weight excluding hydrogens is 572 g/mol. The zero-order valence-corrected chi connectivity index (χ0v) is 21.9. The van der Waals surface area contributed by atoms with E-state index in [9.17, 15) is 30.7 Å². The summed E-state index contributed by atoms with van der Waals surface area (Å²) in [5.41, 5.74) is -9.11. The fourth-order valence-corrected chi connectivity index (χ4v) is 5.95. The summed E-state index contributed by atoms with van der Waals surface area (Å²) in [5.74, 6) is -32.0. The molecule has 0 aliphatic rings. The van der Waals surface area contributed by atoms with Gasteiger partial charge in [-0.3, -0.25) is 0 Å². The molecule has 0 bridgehead atoms. The van der Waals surface area contributed by atoms with Crippen LogP contribution >= 0.6 is 0 Å². The molecule has 0 aliphatic carbocycles. The Hall–Kier alpha value is -3.16. The molecule has 3 rings (SSSR count). The van der Waals surface area contributed by atoms with Crippen molar-refractivity contribution >= 4 is 13.3 Å². The minimum absolute atomic E-state index is 0.559. The lowest BCUT2D eigenvalue weighted by atomic mass is 9.91. The zero-order chi connectivity index (χ0) is 30.1. The molecule has 3 aromatic carbocycles. The van der Waals surface area contributed by atoms with E-state index in [0.29, 0.717) is 7.11 Å². The Kier molecular flexibility index (Phi) is 7.62. The highest BCUT2D eigenvalue weighted by atomic mass is 28.3. The normalized spacial score (nSPS) is 12.4. The van der Waals surface area contributed by atoms with Crippen LogP contribution in [0.1, 0.15) is 20.8 Å². The fraction of sp³-hybridized carbons (Fsp3) is 0.280. The molecule has 0 aliphatic heterocycles. The molecule has 0 atom stereocenters. The van der Waals surface area contributed by atoms with Gasteiger partial charge in [-0.15, -0.1) is 0 Å². The van der Waals surface area contributed by atoms with Crippen molar-refractivity contribution < 1.29 is 57.4 Å². The molecule has 0 aromatic heterocycles. The van der Waals surface area contributed by atoms with Crippen LogP contribution in [0.4, 0.5) is 52.7 Å². The van der Waals surface area contributed by atoms with E-state index in [-0.39, 0.29) is 0 Å². The van der Waals surface area contributed by atoms with Crippen molar-refractivity contribution in [2.45, 2.75) is 38.9 Å². The van der Waals surface area contributed by atoms with Gasteiger partial charge in [-0.05, 0) is 5.04 Å². The summed E-state index contributed by atoms with van der Waals surface area (Å²) in [6, 6.07) is 0. The monoisotopic (exact) mass is 590 g/mol. The van der Waals surface area contributed by atoms with Crippen LogP contribution in [0.3, 0.4) is 0 Å². The summed E-state index contributed by atoms with van der Waals surface area (Å²) in [7, 11) is -2.93. The zero-order valence-electron chi connectivity index (χ0n) is 20.9. The topological polar surface area (TPSA) is 9.23 Å². The van der Waals surface area contributed by atoms with Crippen molar-refractivity contribution in [3.05, 3.63) is 69.8 Å². The number of rotatable bonds is 4. The lowest BCUT2D eigenvalue weighted by molar-refractivity contribution is 0.333. The first-order valence-electron chi connectivity index (χ1n) is 10.9. The van der Waals surface area contributed by atoms with Gasteiger partial charge in [-0.1, -0.05) is 33.9 Å². The Morgan fingerprint density at radius 2 is 0.718 bits per heavy atom. The minimum Gasteiger partial charge on any atom is -0.491 e. The number of hydrogen-bond acceptors (Lipinski definition) is 1. The minimum atomic E-state index is -3.49. The number of ether oxygens (including phenoxy) is 1. The number of methoxy groups -OCH3 is 1. The Morgan fingerprint density at radius 1 is 0.436 bits per heavy atom. The maximum Gasteiger partial charge on any atom is 0.204 e.